The van der Waals surface area contributed by atoms with Crippen molar-refractivity contribution in [3.8, 4) is 0 Å². The summed E-state index contributed by atoms with van der Waals surface area (Å²) in [7, 11) is 0. The van der Waals surface area contributed by atoms with Gasteiger partial charge < -0.3 is 10.5 Å². The van der Waals surface area contributed by atoms with Gasteiger partial charge in [-0.05, 0) is 30.4 Å². The monoisotopic (exact) mass is 277 g/mol. The molecule has 1 rings (SSSR count). The summed E-state index contributed by atoms with van der Waals surface area (Å²) in [4.78, 5) is 22.9. The maximum absolute atomic E-state index is 11.6. The summed E-state index contributed by atoms with van der Waals surface area (Å²) in [6, 6.07) is 7.07. The number of aryl methyl sites for hydroxylation is 1. The van der Waals surface area contributed by atoms with Gasteiger partial charge >= 0.3 is 5.97 Å². The van der Waals surface area contributed by atoms with E-state index in [1.165, 1.54) is 0 Å². The fourth-order valence-electron chi connectivity index (χ4n) is 1.87. The smallest absolute Gasteiger partial charge is 0.306 e. The van der Waals surface area contributed by atoms with Crippen LogP contribution in [-0.2, 0) is 16.0 Å². The van der Waals surface area contributed by atoms with Crippen molar-refractivity contribution in [2.45, 2.75) is 39.5 Å². The molecule has 4 nitrogen and oxygen atoms in total. The molecule has 0 bridgehead atoms. The van der Waals surface area contributed by atoms with Gasteiger partial charge in [-0.15, -0.1) is 0 Å². The third kappa shape index (κ3) is 5.43. The molecular formula is C16H23NO3. The first-order valence-corrected chi connectivity index (χ1v) is 7.08. The first kappa shape index (κ1) is 16.2. The van der Waals surface area contributed by atoms with Gasteiger partial charge in [-0.1, -0.05) is 38.5 Å². The van der Waals surface area contributed by atoms with Gasteiger partial charge in [0.2, 0.25) is 5.91 Å². The molecule has 0 radical (unpaired) electrons. The Morgan fingerprint density at radius 1 is 1.30 bits per heavy atom. The molecule has 0 aliphatic heterocycles. The summed E-state index contributed by atoms with van der Waals surface area (Å²) in [6.07, 6.45) is 2.72. The van der Waals surface area contributed by atoms with Gasteiger partial charge in [-0.2, -0.15) is 0 Å². The maximum atomic E-state index is 11.6. The van der Waals surface area contributed by atoms with Crippen LogP contribution in [0.1, 0.15) is 49.0 Å². The lowest BCUT2D eigenvalue weighted by Gasteiger charge is -2.09. The van der Waals surface area contributed by atoms with Crippen LogP contribution in [0.3, 0.4) is 0 Å². The van der Waals surface area contributed by atoms with Crippen molar-refractivity contribution in [1.29, 1.82) is 0 Å². The molecule has 0 aliphatic rings. The number of hydrogen-bond acceptors (Lipinski definition) is 3. The molecule has 1 aromatic rings. The molecule has 0 heterocycles. The molecule has 1 unspecified atom stereocenters. The van der Waals surface area contributed by atoms with Crippen molar-refractivity contribution in [3.63, 3.8) is 0 Å². The van der Waals surface area contributed by atoms with Crippen LogP contribution in [0.2, 0.25) is 0 Å². The van der Waals surface area contributed by atoms with E-state index in [1.807, 2.05) is 12.1 Å². The van der Waals surface area contributed by atoms with Crippen molar-refractivity contribution in [2.75, 3.05) is 6.61 Å². The van der Waals surface area contributed by atoms with E-state index in [1.54, 1.807) is 12.1 Å². The van der Waals surface area contributed by atoms with E-state index in [-0.39, 0.29) is 12.4 Å². The van der Waals surface area contributed by atoms with Gasteiger partial charge in [0.15, 0.2) is 0 Å². The Hall–Kier alpha value is -1.84. The van der Waals surface area contributed by atoms with Crippen LogP contribution >= 0.6 is 0 Å². The molecule has 1 amide bonds. The molecule has 0 saturated heterocycles. The highest BCUT2D eigenvalue weighted by molar-refractivity contribution is 5.94. The SMILES string of the molecule is CCC(C)CCOC(=O)CCc1ccccc1C(N)=O. The van der Waals surface area contributed by atoms with Gasteiger partial charge in [0.1, 0.15) is 0 Å². The van der Waals surface area contributed by atoms with Crippen LogP contribution in [0.4, 0.5) is 0 Å². The molecule has 0 saturated carbocycles. The van der Waals surface area contributed by atoms with Crippen LogP contribution in [-0.4, -0.2) is 18.5 Å². The molecule has 0 spiro atoms. The van der Waals surface area contributed by atoms with Gasteiger partial charge in [-0.3, -0.25) is 9.59 Å². The number of hydrogen-bond donors (Lipinski definition) is 1. The highest BCUT2D eigenvalue weighted by atomic mass is 16.5. The molecule has 4 heteroatoms. The van der Waals surface area contributed by atoms with Crippen molar-refractivity contribution in [3.05, 3.63) is 35.4 Å². The first-order chi connectivity index (χ1) is 9.54. The summed E-state index contributed by atoms with van der Waals surface area (Å²) in [5, 5.41) is 0. The number of ether oxygens (including phenoxy) is 1. The number of carbonyl (C=O) groups is 2. The summed E-state index contributed by atoms with van der Waals surface area (Å²) in [6.45, 7) is 4.72. The maximum Gasteiger partial charge on any atom is 0.306 e. The number of nitrogens with two attached hydrogens (primary N) is 1. The van der Waals surface area contributed by atoms with Crippen LogP contribution in [0.5, 0.6) is 0 Å². The first-order valence-electron chi connectivity index (χ1n) is 7.08. The lowest BCUT2D eigenvalue weighted by Crippen LogP contribution is -2.15. The van der Waals surface area contributed by atoms with E-state index in [2.05, 4.69) is 13.8 Å². The van der Waals surface area contributed by atoms with E-state index in [4.69, 9.17) is 10.5 Å². The van der Waals surface area contributed by atoms with Crippen molar-refractivity contribution in [1.82, 2.24) is 0 Å². The number of primary amides is 1. The van der Waals surface area contributed by atoms with E-state index < -0.39 is 5.91 Å². The number of rotatable bonds is 8. The third-order valence-corrected chi connectivity index (χ3v) is 3.45. The van der Waals surface area contributed by atoms with Crippen molar-refractivity contribution in [2.24, 2.45) is 11.7 Å². The third-order valence-electron chi connectivity index (χ3n) is 3.45. The molecular weight excluding hydrogens is 254 g/mol. The normalized spacial score (nSPS) is 11.9. The fraction of sp³-hybridized carbons (Fsp3) is 0.500. The predicted octanol–water partition coefficient (Wildman–Crippen LogP) is 2.70. The zero-order chi connectivity index (χ0) is 15.0. The van der Waals surface area contributed by atoms with E-state index in [0.717, 1.165) is 18.4 Å². The van der Waals surface area contributed by atoms with Crippen LogP contribution in [0.15, 0.2) is 24.3 Å². The second kappa shape index (κ2) is 8.35. The molecule has 20 heavy (non-hydrogen) atoms. The van der Waals surface area contributed by atoms with E-state index in [9.17, 15) is 9.59 Å². The quantitative estimate of drug-likeness (QED) is 0.743. The van der Waals surface area contributed by atoms with Crippen molar-refractivity contribution < 1.29 is 14.3 Å². The molecule has 110 valence electrons. The molecule has 2 N–H and O–H groups in total. The van der Waals surface area contributed by atoms with Gasteiger partial charge in [-0.25, -0.2) is 0 Å². The zero-order valence-corrected chi connectivity index (χ0v) is 12.2. The van der Waals surface area contributed by atoms with E-state index in [0.29, 0.717) is 24.5 Å². The lowest BCUT2D eigenvalue weighted by atomic mass is 10.0. The summed E-state index contributed by atoms with van der Waals surface area (Å²) >= 11 is 0. The molecule has 0 aromatic heterocycles. The molecule has 1 atom stereocenters. The second-order valence-electron chi connectivity index (χ2n) is 5.04. The number of amides is 1. The largest absolute Gasteiger partial charge is 0.466 e. The Balaban J connectivity index is 2.40. The summed E-state index contributed by atoms with van der Waals surface area (Å²) in [5.41, 5.74) is 6.56. The minimum atomic E-state index is -0.467. The number of esters is 1. The van der Waals surface area contributed by atoms with Gasteiger partial charge in [0.05, 0.1) is 6.61 Å². The lowest BCUT2D eigenvalue weighted by molar-refractivity contribution is -0.143. The van der Waals surface area contributed by atoms with E-state index >= 15 is 0 Å². The highest BCUT2D eigenvalue weighted by Gasteiger charge is 2.10. The Kier molecular flexibility index (Phi) is 6.77. The number of benzene rings is 1. The molecule has 1 aromatic carbocycles. The Labute approximate surface area is 120 Å². The predicted molar refractivity (Wildman–Crippen MR) is 78.3 cm³/mol. The minimum Gasteiger partial charge on any atom is -0.466 e. The Morgan fingerprint density at radius 2 is 2.00 bits per heavy atom. The number of carbonyl (C=O) groups excluding carboxylic acids is 2. The Bertz CT molecular complexity index is 457. The van der Waals surface area contributed by atoms with Gasteiger partial charge in [0, 0.05) is 12.0 Å². The summed E-state index contributed by atoms with van der Waals surface area (Å²) < 4.78 is 5.18. The molecule has 0 aliphatic carbocycles. The van der Waals surface area contributed by atoms with Crippen molar-refractivity contribution >= 4 is 11.9 Å². The standard InChI is InChI=1S/C16H23NO3/c1-3-12(2)10-11-20-15(18)9-8-13-6-4-5-7-14(13)16(17)19/h4-7,12H,3,8-11H2,1-2H3,(H2,17,19). The van der Waals surface area contributed by atoms with Crippen LogP contribution in [0, 0.1) is 5.92 Å². The van der Waals surface area contributed by atoms with Crippen LogP contribution in [0.25, 0.3) is 0 Å². The highest BCUT2D eigenvalue weighted by Crippen LogP contribution is 2.11. The average molecular weight is 277 g/mol. The minimum absolute atomic E-state index is 0.229. The Morgan fingerprint density at radius 3 is 2.65 bits per heavy atom. The second-order valence-corrected chi connectivity index (χ2v) is 5.04. The van der Waals surface area contributed by atoms with Crippen LogP contribution < -0.4 is 5.73 Å². The topological polar surface area (TPSA) is 69.4 Å². The zero-order valence-electron chi connectivity index (χ0n) is 12.2. The molecule has 0 fully saturated rings. The average Bonchev–Trinajstić information content (AvgIpc) is 2.45. The van der Waals surface area contributed by atoms with Gasteiger partial charge in [0.25, 0.3) is 0 Å². The fourth-order valence-corrected chi connectivity index (χ4v) is 1.87. The summed E-state index contributed by atoms with van der Waals surface area (Å²) in [5.74, 6) is -0.128.